The lowest BCUT2D eigenvalue weighted by Gasteiger charge is -2.04. The molecule has 0 aliphatic heterocycles. The van der Waals surface area contributed by atoms with Crippen molar-refractivity contribution in [3.8, 4) is 17.0 Å². The highest BCUT2D eigenvalue weighted by atomic mass is 19.1. The number of H-pyrrole nitrogens is 1. The van der Waals surface area contributed by atoms with Gasteiger partial charge in [0.15, 0.2) is 17.3 Å². The molecule has 0 amide bonds. The quantitative estimate of drug-likeness (QED) is 0.875. The third kappa shape index (κ3) is 2.04. The van der Waals surface area contributed by atoms with Gasteiger partial charge in [0, 0.05) is 5.56 Å². The van der Waals surface area contributed by atoms with Crippen LogP contribution in [0.1, 0.15) is 16.3 Å². The number of nitrogens with zero attached hydrogens (tertiary/aromatic N) is 1. The fourth-order valence-corrected chi connectivity index (χ4v) is 1.67. The molecular formula is C12H11FN2O3. The molecule has 1 aromatic heterocycles. The Bertz CT molecular complexity index is 607. The van der Waals surface area contributed by atoms with Crippen molar-refractivity contribution < 1.29 is 19.0 Å². The fourth-order valence-electron chi connectivity index (χ4n) is 1.67. The van der Waals surface area contributed by atoms with Gasteiger partial charge in [0.1, 0.15) is 11.5 Å². The van der Waals surface area contributed by atoms with Gasteiger partial charge in [-0.3, -0.25) is 0 Å². The van der Waals surface area contributed by atoms with E-state index in [-0.39, 0.29) is 17.1 Å². The molecule has 0 saturated carbocycles. The number of benzene rings is 1. The monoisotopic (exact) mass is 250 g/mol. The standard InChI is InChI=1S/C12H11FN2O3/c1-6-14-10(11(15-6)12(16)17)7-3-4-9(18-2)8(13)5-7/h3-5H,1-2H3,(H,14,15)(H,16,17). The molecule has 94 valence electrons. The molecule has 18 heavy (non-hydrogen) atoms. The molecule has 5 nitrogen and oxygen atoms in total. The summed E-state index contributed by atoms with van der Waals surface area (Å²) in [5.41, 5.74) is 0.536. The highest BCUT2D eigenvalue weighted by molar-refractivity contribution is 5.93. The van der Waals surface area contributed by atoms with Gasteiger partial charge in [-0.05, 0) is 25.1 Å². The number of rotatable bonds is 3. The van der Waals surface area contributed by atoms with Crippen LogP contribution in [0.15, 0.2) is 18.2 Å². The van der Waals surface area contributed by atoms with E-state index in [1.807, 2.05) is 0 Å². The Morgan fingerprint density at radius 2 is 2.22 bits per heavy atom. The second kappa shape index (κ2) is 4.48. The van der Waals surface area contributed by atoms with Crippen LogP contribution in [0.3, 0.4) is 0 Å². The molecule has 0 aliphatic rings. The molecule has 2 rings (SSSR count). The van der Waals surface area contributed by atoms with Crippen LogP contribution in [0.2, 0.25) is 0 Å². The van der Waals surface area contributed by atoms with Crippen molar-refractivity contribution in [3.63, 3.8) is 0 Å². The van der Waals surface area contributed by atoms with Crippen LogP contribution >= 0.6 is 0 Å². The lowest BCUT2D eigenvalue weighted by atomic mass is 10.1. The van der Waals surface area contributed by atoms with Gasteiger partial charge in [-0.15, -0.1) is 0 Å². The van der Waals surface area contributed by atoms with Crippen LogP contribution in [0.25, 0.3) is 11.3 Å². The van der Waals surface area contributed by atoms with E-state index in [9.17, 15) is 9.18 Å². The van der Waals surface area contributed by atoms with Gasteiger partial charge in [0.25, 0.3) is 0 Å². The summed E-state index contributed by atoms with van der Waals surface area (Å²) in [5.74, 6) is -1.14. The van der Waals surface area contributed by atoms with E-state index in [1.54, 1.807) is 13.0 Å². The Labute approximate surface area is 102 Å². The number of imidazole rings is 1. The molecule has 0 fully saturated rings. The van der Waals surface area contributed by atoms with Crippen molar-refractivity contribution in [3.05, 3.63) is 35.5 Å². The lowest BCUT2D eigenvalue weighted by Crippen LogP contribution is -1.99. The maximum Gasteiger partial charge on any atom is 0.354 e. The molecule has 6 heteroatoms. The number of nitrogens with one attached hydrogen (secondary N) is 1. The zero-order chi connectivity index (χ0) is 13.3. The topological polar surface area (TPSA) is 75.2 Å². The van der Waals surface area contributed by atoms with Gasteiger partial charge in [-0.25, -0.2) is 14.2 Å². The van der Waals surface area contributed by atoms with E-state index in [2.05, 4.69) is 9.97 Å². The highest BCUT2D eigenvalue weighted by Gasteiger charge is 2.17. The normalized spacial score (nSPS) is 10.4. The second-order valence-electron chi connectivity index (χ2n) is 3.70. The number of halogens is 1. The number of methoxy groups -OCH3 is 1. The number of ether oxygens (including phenoxy) is 1. The van der Waals surface area contributed by atoms with E-state index >= 15 is 0 Å². The van der Waals surface area contributed by atoms with Crippen LogP contribution in [0.4, 0.5) is 4.39 Å². The molecule has 0 saturated heterocycles. The largest absolute Gasteiger partial charge is 0.494 e. The Morgan fingerprint density at radius 1 is 1.50 bits per heavy atom. The summed E-state index contributed by atoms with van der Waals surface area (Å²) in [6.45, 7) is 1.63. The Morgan fingerprint density at radius 3 is 2.78 bits per heavy atom. The van der Waals surface area contributed by atoms with Crippen molar-refractivity contribution in [1.82, 2.24) is 9.97 Å². The molecule has 1 heterocycles. The zero-order valence-electron chi connectivity index (χ0n) is 9.82. The van der Waals surface area contributed by atoms with E-state index in [4.69, 9.17) is 9.84 Å². The van der Waals surface area contributed by atoms with Crippen LogP contribution in [-0.2, 0) is 0 Å². The van der Waals surface area contributed by atoms with Gasteiger partial charge < -0.3 is 14.8 Å². The lowest BCUT2D eigenvalue weighted by molar-refractivity contribution is 0.0692. The van der Waals surface area contributed by atoms with E-state index in [0.29, 0.717) is 11.4 Å². The number of aryl methyl sites for hydroxylation is 1. The maximum atomic E-state index is 13.6. The minimum atomic E-state index is -1.14. The molecule has 0 aliphatic carbocycles. The van der Waals surface area contributed by atoms with Gasteiger partial charge >= 0.3 is 5.97 Å². The number of carboxylic acid groups (broad SMARTS) is 1. The first kappa shape index (κ1) is 12.1. The zero-order valence-corrected chi connectivity index (χ0v) is 9.82. The number of aromatic nitrogens is 2. The average molecular weight is 250 g/mol. The highest BCUT2D eigenvalue weighted by Crippen LogP contribution is 2.26. The van der Waals surface area contributed by atoms with Gasteiger partial charge in [-0.2, -0.15) is 0 Å². The van der Waals surface area contributed by atoms with E-state index in [1.165, 1.54) is 19.2 Å². The minimum absolute atomic E-state index is 0.0583. The first-order chi connectivity index (χ1) is 8.52. The Kier molecular flexibility index (Phi) is 3.01. The molecule has 0 spiro atoms. The van der Waals surface area contributed by atoms with Crippen LogP contribution < -0.4 is 4.74 Å². The van der Waals surface area contributed by atoms with Gasteiger partial charge in [0.2, 0.25) is 0 Å². The molecule has 0 bridgehead atoms. The summed E-state index contributed by atoms with van der Waals surface area (Å²) < 4.78 is 18.4. The van der Waals surface area contributed by atoms with Crippen LogP contribution in [-0.4, -0.2) is 28.2 Å². The molecule has 0 radical (unpaired) electrons. The van der Waals surface area contributed by atoms with Crippen LogP contribution in [0, 0.1) is 12.7 Å². The molecular weight excluding hydrogens is 239 g/mol. The summed E-state index contributed by atoms with van der Waals surface area (Å²) in [6, 6.07) is 4.19. The maximum absolute atomic E-state index is 13.6. The summed E-state index contributed by atoms with van der Waals surface area (Å²) >= 11 is 0. The third-order valence-corrected chi connectivity index (χ3v) is 2.46. The van der Waals surface area contributed by atoms with E-state index < -0.39 is 11.8 Å². The Hall–Kier alpha value is -2.37. The molecule has 0 unspecified atom stereocenters. The summed E-state index contributed by atoms with van der Waals surface area (Å²) in [4.78, 5) is 17.7. The number of aromatic carboxylic acids is 1. The smallest absolute Gasteiger partial charge is 0.354 e. The van der Waals surface area contributed by atoms with E-state index in [0.717, 1.165) is 0 Å². The SMILES string of the molecule is COc1ccc(-c2nc(C)[nH]c2C(=O)O)cc1F. The van der Waals surface area contributed by atoms with Gasteiger partial charge in [-0.1, -0.05) is 0 Å². The molecule has 1 aromatic carbocycles. The van der Waals surface area contributed by atoms with Crippen LogP contribution in [0.5, 0.6) is 5.75 Å². The fraction of sp³-hybridized carbons (Fsp3) is 0.167. The predicted octanol–water partition coefficient (Wildman–Crippen LogP) is 2.23. The summed E-state index contributed by atoms with van der Waals surface area (Å²) in [6.07, 6.45) is 0. The molecule has 2 N–H and O–H groups in total. The van der Waals surface area contributed by atoms with Crippen molar-refractivity contribution in [1.29, 1.82) is 0 Å². The number of aromatic amines is 1. The number of carbonyl (C=O) groups is 1. The molecule has 0 atom stereocenters. The van der Waals surface area contributed by atoms with Crippen molar-refractivity contribution >= 4 is 5.97 Å². The van der Waals surface area contributed by atoms with Crippen molar-refractivity contribution in [2.75, 3.05) is 7.11 Å². The summed E-state index contributed by atoms with van der Waals surface area (Å²) in [7, 11) is 1.36. The van der Waals surface area contributed by atoms with Crippen molar-refractivity contribution in [2.45, 2.75) is 6.92 Å². The average Bonchev–Trinajstić information content (AvgIpc) is 2.71. The number of hydrogen-bond donors (Lipinski definition) is 2. The summed E-state index contributed by atoms with van der Waals surface area (Å²) in [5, 5.41) is 9.02. The predicted molar refractivity (Wildman–Crippen MR) is 62.2 cm³/mol. The van der Waals surface area contributed by atoms with Gasteiger partial charge in [0.05, 0.1) is 7.11 Å². The number of carboxylic acids is 1. The molecule has 2 aromatic rings. The second-order valence-corrected chi connectivity index (χ2v) is 3.70. The van der Waals surface area contributed by atoms with Crippen molar-refractivity contribution in [2.24, 2.45) is 0 Å². The number of hydrogen-bond acceptors (Lipinski definition) is 3. The minimum Gasteiger partial charge on any atom is -0.494 e. The first-order valence-electron chi connectivity index (χ1n) is 5.16. The first-order valence-corrected chi connectivity index (χ1v) is 5.16. The third-order valence-electron chi connectivity index (χ3n) is 2.46. The Balaban J connectivity index is 2.55.